The summed E-state index contributed by atoms with van der Waals surface area (Å²) in [6.45, 7) is 4.58. The average Bonchev–Trinajstić information content (AvgIpc) is 3.27. The predicted molar refractivity (Wildman–Crippen MR) is 127 cm³/mol. The summed E-state index contributed by atoms with van der Waals surface area (Å²) in [7, 11) is 0. The number of amides is 1. The summed E-state index contributed by atoms with van der Waals surface area (Å²) < 4.78 is 6.90. The Morgan fingerprint density at radius 3 is 2.88 bits per heavy atom. The number of allylic oxidation sites excluding steroid dienone is 2. The van der Waals surface area contributed by atoms with Crippen LogP contribution in [0.15, 0.2) is 56.5 Å². The van der Waals surface area contributed by atoms with Crippen LogP contribution in [-0.2, 0) is 11.3 Å². The van der Waals surface area contributed by atoms with E-state index < -0.39 is 0 Å². The number of fused-ring (bicyclic) bond motifs is 1. The second kappa shape index (κ2) is 10.2. The average molecular weight is 453 g/mol. The minimum Gasteiger partial charge on any atom is -0.338 e. The van der Waals surface area contributed by atoms with Gasteiger partial charge in [-0.2, -0.15) is 0 Å². The maximum absolute atomic E-state index is 13.2. The molecule has 1 N–H and O–H groups in total. The number of thioether (sulfide) groups is 1. The molecule has 1 amide bonds. The van der Waals surface area contributed by atoms with Crippen molar-refractivity contribution < 1.29 is 9.32 Å². The second-order valence-corrected chi connectivity index (χ2v) is 9.28. The van der Waals surface area contributed by atoms with Crippen LogP contribution in [-0.4, -0.2) is 26.4 Å². The van der Waals surface area contributed by atoms with Gasteiger partial charge in [0.2, 0.25) is 11.8 Å². The number of nitrogens with zero attached hydrogens (tertiary/aromatic N) is 3. The Kier molecular flexibility index (Phi) is 7.09. The van der Waals surface area contributed by atoms with Gasteiger partial charge in [-0.15, -0.1) is 0 Å². The summed E-state index contributed by atoms with van der Waals surface area (Å²) in [5, 5.41) is 7.84. The molecule has 0 saturated heterocycles. The van der Waals surface area contributed by atoms with E-state index in [4.69, 9.17) is 9.51 Å². The molecular weight excluding hydrogens is 424 g/mol. The number of anilines is 1. The van der Waals surface area contributed by atoms with Crippen molar-refractivity contribution >= 4 is 34.5 Å². The van der Waals surface area contributed by atoms with Gasteiger partial charge in [0.05, 0.1) is 22.3 Å². The Hall–Kier alpha value is -2.87. The lowest BCUT2D eigenvalue weighted by molar-refractivity contribution is -0.113. The number of carbonyl (C=O) groups is 1. The fourth-order valence-corrected chi connectivity index (χ4v) is 4.59. The van der Waals surface area contributed by atoms with Gasteiger partial charge < -0.3 is 4.52 Å². The first-order chi connectivity index (χ1) is 15.5. The third kappa shape index (κ3) is 5.30. The van der Waals surface area contributed by atoms with E-state index in [9.17, 15) is 9.59 Å². The van der Waals surface area contributed by atoms with E-state index in [0.717, 1.165) is 25.0 Å². The van der Waals surface area contributed by atoms with E-state index in [1.807, 2.05) is 32.0 Å². The van der Waals surface area contributed by atoms with Gasteiger partial charge in [-0.25, -0.2) is 4.98 Å². The smallest absolute Gasteiger partial charge is 0.262 e. The fraction of sp³-hybridized carbons (Fsp3) is 0.417. The number of hydrogen-bond donors (Lipinski definition) is 1. The molecule has 0 aliphatic heterocycles. The van der Waals surface area contributed by atoms with Crippen LogP contribution < -0.4 is 10.9 Å². The van der Waals surface area contributed by atoms with E-state index in [1.165, 1.54) is 30.2 Å². The normalized spacial score (nSPS) is 14.0. The summed E-state index contributed by atoms with van der Waals surface area (Å²) in [4.78, 5) is 30.4. The van der Waals surface area contributed by atoms with Gasteiger partial charge in [0.15, 0.2) is 5.16 Å². The molecule has 2 aromatic heterocycles. The maximum atomic E-state index is 13.2. The largest absolute Gasteiger partial charge is 0.338 e. The van der Waals surface area contributed by atoms with Crippen LogP contribution in [0.4, 0.5) is 5.88 Å². The lowest BCUT2D eigenvalue weighted by Gasteiger charge is -2.16. The van der Waals surface area contributed by atoms with Crippen molar-refractivity contribution in [2.24, 2.45) is 0 Å². The molecule has 0 bridgehead atoms. The first-order valence-corrected chi connectivity index (χ1v) is 12.1. The molecular formula is C24H28N4O3S. The highest BCUT2D eigenvalue weighted by Crippen LogP contribution is 2.23. The summed E-state index contributed by atoms with van der Waals surface area (Å²) in [5.41, 5.74) is 2.77. The van der Waals surface area contributed by atoms with Crippen molar-refractivity contribution in [2.75, 3.05) is 11.1 Å². The molecule has 168 valence electrons. The number of carbonyl (C=O) groups excluding carboxylic acids is 1. The zero-order chi connectivity index (χ0) is 22.5. The topological polar surface area (TPSA) is 90.0 Å². The number of rotatable bonds is 8. The maximum Gasteiger partial charge on any atom is 0.262 e. The van der Waals surface area contributed by atoms with Crippen molar-refractivity contribution in [2.45, 2.75) is 63.6 Å². The van der Waals surface area contributed by atoms with E-state index in [1.54, 1.807) is 16.7 Å². The lowest BCUT2D eigenvalue weighted by atomic mass is 9.97. The number of nitrogens with one attached hydrogen (secondary N) is 1. The summed E-state index contributed by atoms with van der Waals surface area (Å²) in [6, 6.07) is 9.08. The highest BCUT2D eigenvalue weighted by molar-refractivity contribution is 7.99. The Balaban J connectivity index is 1.51. The van der Waals surface area contributed by atoms with E-state index in [2.05, 4.69) is 16.5 Å². The molecule has 4 rings (SSSR count). The quantitative estimate of drug-likeness (QED) is 0.289. The third-order valence-electron chi connectivity index (χ3n) is 5.58. The third-order valence-corrected chi connectivity index (χ3v) is 6.56. The molecule has 0 fully saturated rings. The minimum atomic E-state index is -0.231. The predicted octanol–water partition coefficient (Wildman–Crippen LogP) is 5.13. The van der Waals surface area contributed by atoms with Crippen LogP contribution in [0.1, 0.15) is 57.6 Å². The van der Waals surface area contributed by atoms with Crippen molar-refractivity contribution in [3.63, 3.8) is 0 Å². The molecule has 0 atom stereocenters. The highest BCUT2D eigenvalue weighted by atomic mass is 32.2. The summed E-state index contributed by atoms with van der Waals surface area (Å²) in [5.74, 6) is 0.428. The van der Waals surface area contributed by atoms with Crippen LogP contribution in [0, 0.1) is 0 Å². The number of para-hydroxylation sites is 1. The molecule has 0 unspecified atom stereocenters. The Morgan fingerprint density at radius 2 is 2.12 bits per heavy atom. The molecule has 3 aromatic rings. The minimum absolute atomic E-state index is 0.0632. The summed E-state index contributed by atoms with van der Waals surface area (Å²) >= 11 is 1.26. The van der Waals surface area contributed by atoms with Gasteiger partial charge in [-0.1, -0.05) is 54.5 Å². The zero-order valence-electron chi connectivity index (χ0n) is 18.5. The molecule has 2 heterocycles. The van der Waals surface area contributed by atoms with Gasteiger partial charge in [0.1, 0.15) is 0 Å². The molecule has 0 saturated carbocycles. The standard InChI is InChI=1S/C24H28N4O3S/c1-16(2)20-14-22(31-27-20)26-21(29)15-32-24-25-19-11-7-6-10-18(19)23(30)28(24)13-12-17-8-4-3-5-9-17/h6-8,10-11,14,16H,3-5,9,12-13,15H2,1-2H3,(H,26,29). The van der Waals surface area contributed by atoms with E-state index in [-0.39, 0.29) is 23.1 Å². The number of benzene rings is 1. The van der Waals surface area contributed by atoms with Crippen LogP contribution in [0.25, 0.3) is 10.9 Å². The Morgan fingerprint density at radius 1 is 1.28 bits per heavy atom. The van der Waals surface area contributed by atoms with Gasteiger partial charge >= 0.3 is 0 Å². The van der Waals surface area contributed by atoms with Crippen LogP contribution in [0.2, 0.25) is 0 Å². The zero-order valence-corrected chi connectivity index (χ0v) is 19.3. The molecule has 0 radical (unpaired) electrons. The highest BCUT2D eigenvalue weighted by Gasteiger charge is 2.16. The van der Waals surface area contributed by atoms with E-state index in [0.29, 0.717) is 28.5 Å². The molecule has 1 aliphatic carbocycles. The molecule has 32 heavy (non-hydrogen) atoms. The van der Waals surface area contributed by atoms with Crippen molar-refractivity contribution in [3.8, 4) is 0 Å². The first-order valence-electron chi connectivity index (χ1n) is 11.1. The van der Waals surface area contributed by atoms with Gasteiger partial charge in [0.25, 0.3) is 5.56 Å². The van der Waals surface area contributed by atoms with Crippen molar-refractivity contribution in [3.05, 3.63) is 58.0 Å². The first kappa shape index (κ1) is 22.3. The SMILES string of the molecule is CC(C)c1cc(NC(=O)CSc2nc3ccccc3c(=O)n2CCC2=CCCCC2)on1. The number of hydrogen-bond acceptors (Lipinski definition) is 6. The second-order valence-electron chi connectivity index (χ2n) is 8.33. The Bertz CT molecular complexity index is 1200. The fourth-order valence-electron chi connectivity index (χ4n) is 3.77. The lowest BCUT2D eigenvalue weighted by Crippen LogP contribution is -2.24. The molecule has 1 aliphatic rings. The van der Waals surface area contributed by atoms with E-state index >= 15 is 0 Å². The molecule has 7 nitrogen and oxygen atoms in total. The van der Waals surface area contributed by atoms with Crippen LogP contribution >= 0.6 is 11.8 Å². The van der Waals surface area contributed by atoms with Crippen molar-refractivity contribution in [1.82, 2.24) is 14.7 Å². The summed E-state index contributed by atoms with van der Waals surface area (Å²) in [6.07, 6.45) is 7.78. The number of aromatic nitrogens is 3. The monoisotopic (exact) mass is 452 g/mol. The molecule has 8 heteroatoms. The Labute approximate surface area is 191 Å². The molecule has 0 spiro atoms. The van der Waals surface area contributed by atoms with Crippen molar-refractivity contribution in [1.29, 1.82) is 0 Å². The molecule has 1 aromatic carbocycles. The van der Waals surface area contributed by atoms with Gasteiger partial charge in [-0.3, -0.25) is 19.5 Å². The van der Waals surface area contributed by atoms with Gasteiger partial charge in [0, 0.05) is 12.6 Å². The van der Waals surface area contributed by atoms with Crippen LogP contribution in [0.5, 0.6) is 0 Å². The van der Waals surface area contributed by atoms with Crippen LogP contribution in [0.3, 0.4) is 0 Å². The van der Waals surface area contributed by atoms with Gasteiger partial charge in [-0.05, 0) is 50.2 Å².